The van der Waals surface area contributed by atoms with Gasteiger partial charge >= 0.3 is 0 Å². The zero-order valence-electron chi connectivity index (χ0n) is 13.6. The van der Waals surface area contributed by atoms with E-state index >= 15 is 0 Å². The normalized spacial score (nSPS) is 11.5. The third-order valence-electron chi connectivity index (χ3n) is 3.78. The molecule has 0 bridgehead atoms. The van der Waals surface area contributed by atoms with Crippen molar-refractivity contribution in [1.29, 1.82) is 0 Å². The number of rotatable bonds is 4. The SMILES string of the molecule is CNC(=O)c1cc2cc(NS(=O)(=O)c3cc(Cl)ccc3C)ccc2[nH]1. The van der Waals surface area contributed by atoms with Gasteiger partial charge in [-0.3, -0.25) is 9.52 Å². The molecule has 6 nitrogen and oxygen atoms in total. The Kier molecular flexibility index (Phi) is 4.45. The third-order valence-corrected chi connectivity index (χ3v) is 5.54. The second-order valence-corrected chi connectivity index (χ2v) is 7.67. The molecule has 2 aromatic carbocycles. The summed E-state index contributed by atoms with van der Waals surface area (Å²) in [4.78, 5) is 14.8. The highest BCUT2D eigenvalue weighted by atomic mass is 35.5. The van der Waals surface area contributed by atoms with E-state index in [0.717, 1.165) is 10.9 Å². The zero-order valence-corrected chi connectivity index (χ0v) is 15.1. The van der Waals surface area contributed by atoms with Crippen molar-refractivity contribution >= 4 is 44.1 Å². The molecular formula is C17H16ClN3O3S. The number of hydrogen-bond donors (Lipinski definition) is 3. The maximum Gasteiger partial charge on any atom is 0.267 e. The molecule has 3 N–H and O–H groups in total. The van der Waals surface area contributed by atoms with Crippen LogP contribution in [0.5, 0.6) is 0 Å². The minimum Gasteiger partial charge on any atom is -0.354 e. The van der Waals surface area contributed by atoms with Crippen LogP contribution in [0.15, 0.2) is 47.4 Å². The van der Waals surface area contributed by atoms with Crippen LogP contribution in [0.25, 0.3) is 10.9 Å². The molecule has 0 fully saturated rings. The van der Waals surface area contributed by atoms with Gasteiger partial charge in [-0.15, -0.1) is 0 Å². The number of aromatic amines is 1. The first-order valence-corrected chi connectivity index (χ1v) is 9.30. The number of fused-ring (bicyclic) bond motifs is 1. The predicted octanol–water partition coefficient (Wildman–Crippen LogP) is 3.29. The molecule has 0 unspecified atom stereocenters. The standard InChI is InChI=1S/C17H16ClN3O3S/c1-10-3-4-12(18)9-16(10)25(23,24)21-13-5-6-14-11(7-13)8-15(20-14)17(22)19-2/h3-9,20-21H,1-2H3,(H,19,22). The van der Waals surface area contributed by atoms with Crippen molar-refractivity contribution < 1.29 is 13.2 Å². The number of H-pyrrole nitrogens is 1. The van der Waals surface area contributed by atoms with Gasteiger partial charge in [0, 0.05) is 28.7 Å². The number of aryl methyl sites for hydroxylation is 1. The fraction of sp³-hybridized carbons (Fsp3) is 0.118. The van der Waals surface area contributed by atoms with Crippen molar-refractivity contribution in [1.82, 2.24) is 10.3 Å². The van der Waals surface area contributed by atoms with Crippen LogP contribution in [-0.4, -0.2) is 26.4 Å². The van der Waals surface area contributed by atoms with Crippen molar-refractivity contribution in [3.8, 4) is 0 Å². The zero-order chi connectivity index (χ0) is 18.2. The first-order valence-electron chi connectivity index (χ1n) is 7.44. The van der Waals surface area contributed by atoms with E-state index in [0.29, 0.717) is 22.0 Å². The molecule has 0 aliphatic carbocycles. The molecular weight excluding hydrogens is 362 g/mol. The fourth-order valence-corrected chi connectivity index (χ4v) is 4.08. The topological polar surface area (TPSA) is 91.1 Å². The molecule has 3 aromatic rings. The lowest BCUT2D eigenvalue weighted by Gasteiger charge is -2.11. The minimum absolute atomic E-state index is 0.125. The predicted molar refractivity (Wildman–Crippen MR) is 98.7 cm³/mol. The summed E-state index contributed by atoms with van der Waals surface area (Å²) in [5.74, 6) is -0.243. The van der Waals surface area contributed by atoms with Crippen LogP contribution in [0.3, 0.4) is 0 Å². The summed E-state index contributed by atoms with van der Waals surface area (Å²) in [5, 5.41) is 3.61. The van der Waals surface area contributed by atoms with Crippen LogP contribution in [0, 0.1) is 6.92 Å². The molecule has 1 amide bonds. The number of benzene rings is 2. The van der Waals surface area contributed by atoms with Crippen molar-refractivity contribution in [3.05, 3.63) is 58.7 Å². The summed E-state index contributed by atoms with van der Waals surface area (Å²) >= 11 is 5.92. The maximum atomic E-state index is 12.6. The van der Waals surface area contributed by atoms with Crippen LogP contribution in [0.4, 0.5) is 5.69 Å². The van der Waals surface area contributed by atoms with E-state index in [2.05, 4.69) is 15.0 Å². The van der Waals surface area contributed by atoms with Crippen molar-refractivity contribution in [2.45, 2.75) is 11.8 Å². The highest BCUT2D eigenvalue weighted by Crippen LogP contribution is 2.25. The molecule has 130 valence electrons. The number of amides is 1. The van der Waals surface area contributed by atoms with Gasteiger partial charge in [0.05, 0.1) is 4.90 Å². The van der Waals surface area contributed by atoms with Gasteiger partial charge in [-0.2, -0.15) is 0 Å². The number of sulfonamides is 1. The molecule has 0 saturated heterocycles. The summed E-state index contributed by atoms with van der Waals surface area (Å²) in [5.41, 5.74) is 2.14. The molecule has 0 aliphatic rings. The summed E-state index contributed by atoms with van der Waals surface area (Å²) < 4.78 is 27.8. The quantitative estimate of drug-likeness (QED) is 0.651. The monoisotopic (exact) mass is 377 g/mol. The van der Waals surface area contributed by atoms with Gasteiger partial charge in [0.15, 0.2) is 0 Å². The number of hydrogen-bond acceptors (Lipinski definition) is 3. The number of aromatic nitrogens is 1. The number of carbonyl (C=O) groups excluding carboxylic acids is 1. The van der Waals surface area contributed by atoms with Gasteiger partial charge in [-0.25, -0.2) is 8.42 Å². The number of carbonyl (C=O) groups is 1. The van der Waals surface area contributed by atoms with Gasteiger partial charge in [-0.05, 0) is 48.9 Å². The molecule has 1 aromatic heterocycles. The smallest absolute Gasteiger partial charge is 0.267 e. The van der Waals surface area contributed by atoms with Crippen molar-refractivity contribution in [2.24, 2.45) is 0 Å². The number of nitrogens with one attached hydrogen (secondary N) is 3. The lowest BCUT2D eigenvalue weighted by molar-refractivity contribution is 0.0959. The highest BCUT2D eigenvalue weighted by Gasteiger charge is 2.18. The summed E-state index contributed by atoms with van der Waals surface area (Å²) in [6.07, 6.45) is 0. The Bertz CT molecular complexity index is 1070. The number of anilines is 1. The Balaban J connectivity index is 1.96. The molecule has 1 heterocycles. The van der Waals surface area contributed by atoms with Gasteiger partial charge < -0.3 is 10.3 Å². The average Bonchev–Trinajstić information content (AvgIpc) is 2.99. The van der Waals surface area contributed by atoms with Gasteiger partial charge in [0.2, 0.25) is 0 Å². The second kappa shape index (κ2) is 6.42. The van der Waals surface area contributed by atoms with E-state index in [-0.39, 0.29) is 10.8 Å². The lowest BCUT2D eigenvalue weighted by Crippen LogP contribution is -2.17. The Morgan fingerprint density at radius 2 is 1.88 bits per heavy atom. The third kappa shape index (κ3) is 3.47. The molecule has 0 saturated carbocycles. The van der Waals surface area contributed by atoms with E-state index in [1.165, 1.54) is 6.07 Å². The summed E-state index contributed by atoms with van der Waals surface area (Å²) in [6.45, 7) is 1.70. The first-order chi connectivity index (χ1) is 11.8. The lowest BCUT2D eigenvalue weighted by atomic mass is 10.2. The van der Waals surface area contributed by atoms with E-state index in [9.17, 15) is 13.2 Å². The van der Waals surface area contributed by atoms with Gasteiger partial charge in [-0.1, -0.05) is 17.7 Å². The van der Waals surface area contributed by atoms with Gasteiger partial charge in [0.1, 0.15) is 5.69 Å². The molecule has 0 atom stereocenters. The van der Waals surface area contributed by atoms with E-state index < -0.39 is 10.0 Å². The molecule has 8 heteroatoms. The van der Waals surface area contributed by atoms with Crippen LogP contribution in [0.2, 0.25) is 5.02 Å². The Hall–Kier alpha value is -2.51. The van der Waals surface area contributed by atoms with Crippen molar-refractivity contribution in [2.75, 3.05) is 11.8 Å². The van der Waals surface area contributed by atoms with Crippen LogP contribution < -0.4 is 10.0 Å². The van der Waals surface area contributed by atoms with Crippen LogP contribution in [-0.2, 0) is 10.0 Å². The van der Waals surface area contributed by atoms with Crippen LogP contribution >= 0.6 is 11.6 Å². The Morgan fingerprint density at radius 3 is 2.60 bits per heavy atom. The van der Waals surface area contributed by atoms with E-state index in [1.807, 2.05) is 0 Å². The van der Waals surface area contributed by atoms with Crippen molar-refractivity contribution in [3.63, 3.8) is 0 Å². The minimum atomic E-state index is -3.77. The molecule has 0 radical (unpaired) electrons. The average molecular weight is 378 g/mol. The summed E-state index contributed by atoms with van der Waals surface area (Å²) in [6, 6.07) is 11.4. The van der Waals surface area contributed by atoms with Crippen LogP contribution in [0.1, 0.15) is 16.1 Å². The highest BCUT2D eigenvalue weighted by molar-refractivity contribution is 7.92. The Morgan fingerprint density at radius 1 is 1.12 bits per heavy atom. The maximum absolute atomic E-state index is 12.6. The Labute approximate surface area is 150 Å². The van der Waals surface area contributed by atoms with Gasteiger partial charge in [0.25, 0.3) is 15.9 Å². The molecule has 0 spiro atoms. The van der Waals surface area contributed by atoms with E-state index in [1.54, 1.807) is 50.4 Å². The molecule has 25 heavy (non-hydrogen) atoms. The molecule has 0 aliphatic heterocycles. The first kappa shape index (κ1) is 17.3. The van der Waals surface area contributed by atoms with E-state index in [4.69, 9.17) is 11.6 Å². The summed E-state index contributed by atoms with van der Waals surface area (Å²) in [7, 11) is -2.23. The number of halogens is 1. The molecule has 3 rings (SSSR count). The largest absolute Gasteiger partial charge is 0.354 e. The fourth-order valence-electron chi connectivity index (χ4n) is 2.53. The second-order valence-electron chi connectivity index (χ2n) is 5.58.